The third kappa shape index (κ3) is 2.53. The van der Waals surface area contributed by atoms with Crippen LogP contribution in [0.25, 0.3) is 0 Å². The number of hydrogen-bond acceptors (Lipinski definition) is 3. The van der Waals surface area contributed by atoms with E-state index in [4.69, 9.17) is 0 Å². The van der Waals surface area contributed by atoms with Crippen molar-refractivity contribution in [2.24, 2.45) is 5.41 Å². The molecular formula is C10H12BrN3O. The van der Waals surface area contributed by atoms with Crippen molar-refractivity contribution in [3.63, 3.8) is 0 Å². The number of rotatable bonds is 4. The quantitative estimate of drug-likeness (QED) is 0.841. The molecule has 1 heterocycles. The highest BCUT2D eigenvalue weighted by molar-refractivity contribution is 9.09. The zero-order valence-corrected chi connectivity index (χ0v) is 9.83. The first-order valence-electron chi connectivity index (χ1n) is 4.85. The maximum Gasteiger partial charge on any atom is 0.254 e. The number of aromatic nitrogens is 2. The Morgan fingerprint density at radius 3 is 2.67 bits per heavy atom. The second-order valence-electron chi connectivity index (χ2n) is 3.94. The smallest absolute Gasteiger partial charge is 0.254 e. The van der Waals surface area contributed by atoms with Gasteiger partial charge in [-0.2, -0.15) is 0 Å². The molecule has 0 spiro atoms. The number of alkyl halides is 1. The van der Waals surface area contributed by atoms with Crippen LogP contribution in [-0.2, 0) is 0 Å². The summed E-state index contributed by atoms with van der Waals surface area (Å²) in [4.78, 5) is 19.2. The van der Waals surface area contributed by atoms with Gasteiger partial charge < -0.3 is 5.32 Å². The lowest BCUT2D eigenvalue weighted by Gasteiger charge is -2.12. The number of halogens is 1. The molecule has 0 bridgehead atoms. The summed E-state index contributed by atoms with van der Waals surface area (Å²) in [7, 11) is 0. The molecule has 4 nitrogen and oxygen atoms in total. The topological polar surface area (TPSA) is 54.9 Å². The molecule has 1 amide bonds. The Labute approximate surface area is 96.6 Å². The van der Waals surface area contributed by atoms with Crippen LogP contribution in [0.3, 0.4) is 0 Å². The van der Waals surface area contributed by atoms with Gasteiger partial charge in [0.15, 0.2) is 0 Å². The van der Waals surface area contributed by atoms with Gasteiger partial charge in [-0.05, 0) is 18.3 Å². The summed E-state index contributed by atoms with van der Waals surface area (Å²) in [6.07, 6.45) is 6.83. The molecule has 1 aromatic heterocycles. The fourth-order valence-electron chi connectivity index (χ4n) is 1.32. The summed E-state index contributed by atoms with van der Waals surface area (Å²) in [6, 6.07) is 0. The van der Waals surface area contributed by atoms with E-state index in [-0.39, 0.29) is 5.91 Å². The first kappa shape index (κ1) is 10.5. The van der Waals surface area contributed by atoms with Gasteiger partial charge in [-0.3, -0.25) is 4.79 Å². The molecule has 0 aliphatic heterocycles. The summed E-state index contributed by atoms with van der Waals surface area (Å²) in [6.45, 7) is 0.728. The van der Waals surface area contributed by atoms with Crippen molar-refractivity contribution in [1.82, 2.24) is 15.3 Å². The van der Waals surface area contributed by atoms with Gasteiger partial charge in [0.1, 0.15) is 6.33 Å². The fourth-order valence-corrected chi connectivity index (χ4v) is 2.08. The Kier molecular flexibility index (Phi) is 3.00. The van der Waals surface area contributed by atoms with Crippen molar-refractivity contribution in [1.29, 1.82) is 0 Å². The minimum absolute atomic E-state index is 0.0946. The van der Waals surface area contributed by atoms with Crippen LogP contribution in [0.4, 0.5) is 0 Å². The van der Waals surface area contributed by atoms with Gasteiger partial charge >= 0.3 is 0 Å². The molecule has 15 heavy (non-hydrogen) atoms. The maximum absolute atomic E-state index is 11.6. The van der Waals surface area contributed by atoms with Crippen LogP contribution in [0.5, 0.6) is 0 Å². The van der Waals surface area contributed by atoms with E-state index in [1.807, 2.05) is 0 Å². The van der Waals surface area contributed by atoms with Gasteiger partial charge in [-0.15, -0.1) is 0 Å². The van der Waals surface area contributed by atoms with E-state index in [1.54, 1.807) is 0 Å². The number of hydrogen-bond donors (Lipinski definition) is 1. The first-order valence-corrected chi connectivity index (χ1v) is 5.97. The standard InChI is InChI=1S/C10H12BrN3O/c11-5-10(1-2-10)6-14-9(15)8-3-12-7-13-4-8/h3-4,7H,1-2,5-6H2,(H,14,15). The fraction of sp³-hybridized carbons (Fsp3) is 0.500. The van der Waals surface area contributed by atoms with Crippen LogP contribution in [0.2, 0.25) is 0 Å². The van der Waals surface area contributed by atoms with E-state index in [1.165, 1.54) is 31.6 Å². The third-order valence-electron chi connectivity index (χ3n) is 2.69. The van der Waals surface area contributed by atoms with Crippen molar-refractivity contribution in [2.45, 2.75) is 12.8 Å². The molecule has 1 aliphatic carbocycles. The van der Waals surface area contributed by atoms with E-state index in [9.17, 15) is 4.79 Å². The minimum Gasteiger partial charge on any atom is -0.351 e. The Hall–Kier alpha value is -0.970. The first-order chi connectivity index (χ1) is 7.26. The Morgan fingerprint density at radius 2 is 2.13 bits per heavy atom. The summed E-state index contributed by atoms with van der Waals surface area (Å²) < 4.78 is 0. The predicted molar refractivity (Wildman–Crippen MR) is 59.8 cm³/mol. The molecule has 5 heteroatoms. The van der Waals surface area contributed by atoms with Crippen molar-refractivity contribution >= 4 is 21.8 Å². The molecule has 0 radical (unpaired) electrons. The maximum atomic E-state index is 11.6. The molecule has 0 saturated heterocycles. The van der Waals surface area contributed by atoms with E-state index in [0.717, 1.165) is 11.9 Å². The average Bonchev–Trinajstić information content (AvgIpc) is 3.08. The normalized spacial score (nSPS) is 17.1. The molecule has 1 saturated carbocycles. The lowest BCUT2D eigenvalue weighted by Crippen LogP contribution is -2.31. The van der Waals surface area contributed by atoms with Gasteiger partial charge in [-0.1, -0.05) is 15.9 Å². The number of carbonyl (C=O) groups is 1. The zero-order chi connectivity index (χ0) is 10.7. The second kappa shape index (κ2) is 4.26. The van der Waals surface area contributed by atoms with Crippen LogP contribution >= 0.6 is 15.9 Å². The van der Waals surface area contributed by atoms with Crippen LogP contribution in [0.15, 0.2) is 18.7 Å². The van der Waals surface area contributed by atoms with Crippen LogP contribution in [0.1, 0.15) is 23.2 Å². The predicted octanol–water partition coefficient (Wildman–Crippen LogP) is 1.38. The summed E-state index contributed by atoms with van der Waals surface area (Å²) >= 11 is 3.46. The molecule has 80 valence electrons. The largest absolute Gasteiger partial charge is 0.351 e. The Balaban J connectivity index is 1.88. The van der Waals surface area contributed by atoms with E-state index in [2.05, 4.69) is 31.2 Å². The number of carbonyl (C=O) groups excluding carboxylic acids is 1. The Bertz CT molecular complexity index is 351. The molecular weight excluding hydrogens is 258 g/mol. The van der Waals surface area contributed by atoms with Crippen LogP contribution in [-0.4, -0.2) is 27.7 Å². The SMILES string of the molecule is O=C(NCC1(CBr)CC1)c1cncnc1. The van der Waals surface area contributed by atoms with Crippen molar-refractivity contribution in [3.05, 3.63) is 24.3 Å². The molecule has 1 aromatic rings. The van der Waals surface area contributed by atoms with E-state index < -0.39 is 0 Å². The van der Waals surface area contributed by atoms with E-state index >= 15 is 0 Å². The third-order valence-corrected chi connectivity index (χ3v) is 3.88. The molecule has 0 atom stereocenters. The second-order valence-corrected chi connectivity index (χ2v) is 4.50. The van der Waals surface area contributed by atoms with E-state index in [0.29, 0.717) is 11.0 Å². The van der Waals surface area contributed by atoms with Gasteiger partial charge in [-0.25, -0.2) is 9.97 Å². The highest BCUT2D eigenvalue weighted by atomic mass is 79.9. The summed E-state index contributed by atoms with van der Waals surface area (Å²) in [5, 5.41) is 3.85. The van der Waals surface area contributed by atoms with Crippen molar-refractivity contribution in [3.8, 4) is 0 Å². The zero-order valence-electron chi connectivity index (χ0n) is 8.24. The molecule has 2 rings (SSSR count). The highest BCUT2D eigenvalue weighted by Crippen LogP contribution is 2.46. The molecule has 1 fully saturated rings. The van der Waals surface area contributed by atoms with Gasteiger partial charge in [0.05, 0.1) is 5.56 Å². The highest BCUT2D eigenvalue weighted by Gasteiger charge is 2.41. The average molecular weight is 270 g/mol. The lowest BCUT2D eigenvalue weighted by molar-refractivity contribution is 0.0946. The minimum atomic E-state index is -0.0946. The Morgan fingerprint density at radius 1 is 1.47 bits per heavy atom. The number of nitrogens with one attached hydrogen (secondary N) is 1. The number of nitrogens with zero attached hydrogens (tertiary/aromatic N) is 2. The molecule has 1 N–H and O–H groups in total. The number of amides is 1. The van der Waals surface area contributed by atoms with Crippen LogP contribution < -0.4 is 5.32 Å². The summed E-state index contributed by atoms with van der Waals surface area (Å²) in [5.41, 5.74) is 0.813. The van der Waals surface area contributed by atoms with Gasteiger partial charge in [0.2, 0.25) is 0 Å². The molecule has 0 unspecified atom stereocenters. The van der Waals surface area contributed by atoms with Crippen molar-refractivity contribution in [2.75, 3.05) is 11.9 Å². The lowest BCUT2D eigenvalue weighted by atomic mass is 10.1. The van der Waals surface area contributed by atoms with Crippen molar-refractivity contribution < 1.29 is 4.79 Å². The molecule has 0 aromatic carbocycles. The van der Waals surface area contributed by atoms with Crippen LogP contribution in [0, 0.1) is 5.41 Å². The molecule has 1 aliphatic rings. The monoisotopic (exact) mass is 269 g/mol. The summed E-state index contributed by atoms with van der Waals surface area (Å²) in [5.74, 6) is -0.0946. The van der Waals surface area contributed by atoms with Gasteiger partial charge in [0, 0.05) is 24.3 Å². The van der Waals surface area contributed by atoms with Gasteiger partial charge in [0.25, 0.3) is 5.91 Å².